The molecule has 0 saturated heterocycles. The molecule has 0 rings (SSSR count). The lowest BCUT2D eigenvalue weighted by Crippen LogP contribution is -2.24. The molecule has 0 aliphatic heterocycles. The van der Waals surface area contributed by atoms with Gasteiger partial charge in [0.1, 0.15) is 6.29 Å². The first kappa shape index (κ1) is 12.5. The number of unbranched alkanes of at least 4 members (excludes halogenated alkanes) is 2. The Kier molecular flexibility index (Phi) is 9.20. The maximum Gasteiger partial charge on any atom is 0.220 e. The third-order valence-electron chi connectivity index (χ3n) is 1.63. The van der Waals surface area contributed by atoms with Crippen molar-refractivity contribution in [2.24, 2.45) is 0 Å². The van der Waals surface area contributed by atoms with Crippen LogP contribution in [-0.4, -0.2) is 24.5 Å². The molecule has 0 spiro atoms. The van der Waals surface area contributed by atoms with Gasteiger partial charge in [-0.15, -0.1) is 0 Å². The summed E-state index contributed by atoms with van der Waals surface area (Å²) in [5.74, 6) is 0.832. The molecule has 0 bridgehead atoms. The highest BCUT2D eigenvalue weighted by Gasteiger charge is 1.98. The van der Waals surface area contributed by atoms with E-state index in [1.165, 1.54) is 0 Å². The van der Waals surface area contributed by atoms with Gasteiger partial charge in [-0.3, -0.25) is 4.79 Å². The molecule has 0 aromatic carbocycles. The van der Waals surface area contributed by atoms with Crippen LogP contribution < -0.4 is 5.32 Å². The summed E-state index contributed by atoms with van der Waals surface area (Å²) in [6, 6.07) is 0. The average molecular weight is 203 g/mol. The molecule has 0 unspecified atom stereocenters. The maximum absolute atomic E-state index is 11.0. The molecule has 0 aliphatic rings. The van der Waals surface area contributed by atoms with Gasteiger partial charge < -0.3 is 10.1 Å². The predicted molar refractivity (Wildman–Crippen MR) is 56.0 cm³/mol. The summed E-state index contributed by atoms with van der Waals surface area (Å²) >= 11 is 4.01. The van der Waals surface area contributed by atoms with Crippen molar-refractivity contribution in [3.63, 3.8) is 0 Å². The SMILES string of the molecule is O=CCCCCNC(=O)CCCS. The van der Waals surface area contributed by atoms with Crippen molar-refractivity contribution in [3.8, 4) is 0 Å². The lowest BCUT2D eigenvalue weighted by Gasteiger charge is -2.02. The van der Waals surface area contributed by atoms with E-state index in [-0.39, 0.29) is 5.91 Å². The van der Waals surface area contributed by atoms with Gasteiger partial charge in [-0.2, -0.15) is 12.6 Å². The van der Waals surface area contributed by atoms with Crippen molar-refractivity contribution in [1.29, 1.82) is 0 Å². The molecule has 76 valence electrons. The van der Waals surface area contributed by atoms with Crippen molar-refractivity contribution in [1.82, 2.24) is 5.32 Å². The summed E-state index contributed by atoms with van der Waals surface area (Å²) in [6.07, 6.45) is 4.61. The molecule has 0 aliphatic carbocycles. The van der Waals surface area contributed by atoms with Crippen LogP contribution in [0, 0.1) is 0 Å². The van der Waals surface area contributed by atoms with E-state index in [9.17, 15) is 9.59 Å². The van der Waals surface area contributed by atoms with Crippen molar-refractivity contribution >= 4 is 24.8 Å². The van der Waals surface area contributed by atoms with E-state index in [0.717, 1.165) is 31.3 Å². The molecule has 0 atom stereocenters. The van der Waals surface area contributed by atoms with E-state index in [4.69, 9.17) is 0 Å². The average Bonchev–Trinajstić information content (AvgIpc) is 2.14. The molecule has 0 fully saturated rings. The van der Waals surface area contributed by atoms with Crippen LogP contribution in [0.2, 0.25) is 0 Å². The molecule has 1 N–H and O–H groups in total. The second kappa shape index (κ2) is 9.58. The number of aldehydes is 1. The van der Waals surface area contributed by atoms with Gasteiger partial charge in [0, 0.05) is 19.4 Å². The van der Waals surface area contributed by atoms with Gasteiger partial charge in [-0.1, -0.05) is 0 Å². The fourth-order valence-electron chi connectivity index (χ4n) is 0.908. The molecule has 1 amide bonds. The second-order valence-corrected chi connectivity index (χ2v) is 3.29. The highest BCUT2D eigenvalue weighted by Crippen LogP contribution is 1.93. The zero-order valence-electron chi connectivity index (χ0n) is 7.79. The van der Waals surface area contributed by atoms with Crippen LogP contribution in [0.25, 0.3) is 0 Å². The summed E-state index contributed by atoms with van der Waals surface area (Å²) in [7, 11) is 0. The summed E-state index contributed by atoms with van der Waals surface area (Å²) in [6.45, 7) is 0.680. The monoisotopic (exact) mass is 203 g/mol. The topological polar surface area (TPSA) is 46.2 Å². The Morgan fingerprint density at radius 1 is 1.31 bits per heavy atom. The van der Waals surface area contributed by atoms with Crippen molar-refractivity contribution < 1.29 is 9.59 Å². The molecule has 0 radical (unpaired) electrons. The van der Waals surface area contributed by atoms with E-state index >= 15 is 0 Å². The van der Waals surface area contributed by atoms with Crippen LogP contribution in [0.5, 0.6) is 0 Å². The molecule has 0 aromatic heterocycles. The molecule has 0 heterocycles. The van der Waals surface area contributed by atoms with Crippen molar-refractivity contribution in [3.05, 3.63) is 0 Å². The van der Waals surface area contributed by atoms with Crippen LogP contribution >= 0.6 is 12.6 Å². The summed E-state index contributed by atoms with van der Waals surface area (Å²) < 4.78 is 0. The lowest BCUT2D eigenvalue weighted by molar-refractivity contribution is -0.121. The van der Waals surface area contributed by atoms with E-state index in [0.29, 0.717) is 19.4 Å². The lowest BCUT2D eigenvalue weighted by atomic mass is 10.2. The van der Waals surface area contributed by atoms with Crippen LogP contribution in [0.4, 0.5) is 0 Å². The first-order valence-electron chi connectivity index (χ1n) is 4.62. The summed E-state index contributed by atoms with van der Waals surface area (Å²) in [5, 5.41) is 2.79. The van der Waals surface area contributed by atoms with Crippen LogP contribution in [0.1, 0.15) is 32.1 Å². The zero-order chi connectivity index (χ0) is 9.94. The van der Waals surface area contributed by atoms with Crippen LogP contribution in [0.3, 0.4) is 0 Å². The third-order valence-corrected chi connectivity index (χ3v) is 1.95. The van der Waals surface area contributed by atoms with Gasteiger partial charge in [-0.25, -0.2) is 0 Å². The molecule has 3 nitrogen and oxygen atoms in total. The Balaban J connectivity index is 3.12. The smallest absolute Gasteiger partial charge is 0.220 e. The van der Waals surface area contributed by atoms with Crippen LogP contribution in [-0.2, 0) is 9.59 Å². The number of thiol groups is 1. The number of hydrogen-bond donors (Lipinski definition) is 2. The Morgan fingerprint density at radius 2 is 2.08 bits per heavy atom. The number of nitrogens with one attached hydrogen (secondary N) is 1. The Morgan fingerprint density at radius 3 is 2.69 bits per heavy atom. The zero-order valence-corrected chi connectivity index (χ0v) is 8.69. The molecular formula is C9H17NO2S. The van der Waals surface area contributed by atoms with Gasteiger partial charge in [0.2, 0.25) is 5.91 Å². The van der Waals surface area contributed by atoms with Crippen LogP contribution in [0.15, 0.2) is 0 Å². The largest absolute Gasteiger partial charge is 0.356 e. The number of hydrogen-bond acceptors (Lipinski definition) is 3. The first-order valence-corrected chi connectivity index (χ1v) is 5.25. The third kappa shape index (κ3) is 9.40. The molecule has 0 aromatic rings. The number of rotatable bonds is 8. The Bertz CT molecular complexity index is 151. The molecule has 0 saturated carbocycles. The summed E-state index contributed by atoms with van der Waals surface area (Å²) in [4.78, 5) is 21.0. The maximum atomic E-state index is 11.0. The fraction of sp³-hybridized carbons (Fsp3) is 0.778. The number of carbonyl (C=O) groups is 2. The Labute approximate surface area is 84.7 Å². The van der Waals surface area contributed by atoms with Gasteiger partial charge in [0.05, 0.1) is 0 Å². The first-order chi connectivity index (χ1) is 6.31. The van der Waals surface area contributed by atoms with E-state index in [1.807, 2.05) is 0 Å². The molecular weight excluding hydrogens is 186 g/mol. The number of carbonyl (C=O) groups excluding carboxylic acids is 2. The van der Waals surface area contributed by atoms with Gasteiger partial charge in [-0.05, 0) is 25.0 Å². The minimum atomic E-state index is 0.0835. The minimum absolute atomic E-state index is 0.0835. The summed E-state index contributed by atoms with van der Waals surface area (Å²) in [5.41, 5.74) is 0. The van der Waals surface area contributed by atoms with E-state index < -0.39 is 0 Å². The Hall–Kier alpha value is -0.510. The van der Waals surface area contributed by atoms with Gasteiger partial charge in [0.25, 0.3) is 0 Å². The predicted octanol–water partition coefficient (Wildman–Crippen LogP) is 1.18. The quantitative estimate of drug-likeness (QED) is 0.353. The normalized spacial score (nSPS) is 9.62. The molecule has 4 heteroatoms. The van der Waals surface area contributed by atoms with Gasteiger partial charge >= 0.3 is 0 Å². The number of amides is 1. The van der Waals surface area contributed by atoms with E-state index in [2.05, 4.69) is 17.9 Å². The highest BCUT2D eigenvalue weighted by atomic mass is 32.1. The standard InChI is InChI=1S/C9H17NO2S/c11-7-3-1-2-6-10-9(12)5-4-8-13/h7,13H,1-6,8H2,(H,10,12). The van der Waals surface area contributed by atoms with E-state index in [1.54, 1.807) is 0 Å². The fourth-order valence-corrected chi connectivity index (χ4v) is 1.07. The van der Waals surface area contributed by atoms with Crippen molar-refractivity contribution in [2.75, 3.05) is 12.3 Å². The second-order valence-electron chi connectivity index (χ2n) is 2.84. The van der Waals surface area contributed by atoms with Crippen molar-refractivity contribution in [2.45, 2.75) is 32.1 Å². The highest BCUT2D eigenvalue weighted by molar-refractivity contribution is 7.80. The molecule has 13 heavy (non-hydrogen) atoms. The van der Waals surface area contributed by atoms with Gasteiger partial charge in [0.15, 0.2) is 0 Å². The minimum Gasteiger partial charge on any atom is -0.356 e.